The molecular formula is C16H19NO4S2. The second kappa shape index (κ2) is 5.58. The van der Waals surface area contributed by atoms with E-state index in [1.807, 2.05) is 18.2 Å². The van der Waals surface area contributed by atoms with Gasteiger partial charge in [-0.1, -0.05) is 44.2 Å². The molecule has 5 nitrogen and oxygen atoms in total. The van der Waals surface area contributed by atoms with Gasteiger partial charge in [-0.15, -0.1) is 0 Å². The smallest absolute Gasteiger partial charge is 0.229 e. The van der Waals surface area contributed by atoms with Crippen LogP contribution >= 0.6 is 0 Å². The number of fused-ring (bicyclic) bond motifs is 1. The van der Waals surface area contributed by atoms with Crippen LogP contribution < -0.4 is 4.72 Å². The lowest BCUT2D eigenvalue weighted by Crippen LogP contribution is -2.52. The van der Waals surface area contributed by atoms with Crippen molar-refractivity contribution in [2.75, 3.05) is 11.5 Å². The zero-order valence-electron chi connectivity index (χ0n) is 13.0. The van der Waals surface area contributed by atoms with E-state index in [1.54, 1.807) is 18.2 Å². The second-order valence-corrected chi connectivity index (χ2v) is 10.1. The van der Waals surface area contributed by atoms with E-state index < -0.39 is 25.9 Å². The van der Waals surface area contributed by atoms with Crippen molar-refractivity contribution in [1.29, 1.82) is 0 Å². The molecule has 7 heteroatoms. The Morgan fingerprint density at radius 1 is 1.04 bits per heavy atom. The summed E-state index contributed by atoms with van der Waals surface area (Å²) >= 11 is 0. The number of sulfonamides is 1. The summed E-state index contributed by atoms with van der Waals surface area (Å²) in [6.07, 6.45) is 0. The Balaban J connectivity index is 2.04. The van der Waals surface area contributed by atoms with Crippen molar-refractivity contribution in [2.45, 2.75) is 30.7 Å². The number of hydrogen-bond donors (Lipinski definition) is 1. The predicted molar refractivity (Wildman–Crippen MR) is 90.8 cm³/mol. The molecule has 0 saturated carbocycles. The van der Waals surface area contributed by atoms with Crippen molar-refractivity contribution in [1.82, 2.24) is 4.72 Å². The summed E-state index contributed by atoms with van der Waals surface area (Å²) in [5.41, 5.74) is 1.09. The zero-order valence-corrected chi connectivity index (χ0v) is 14.6. The molecule has 1 saturated heterocycles. The van der Waals surface area contributed by atoms with Gasteiger partial charge in [-0.3, -0.25) is 0 Å². The summed E-state index contributed by atoms with van der Waals surface area (Å²) in [7, 11) is -6.83. The number of nitrogens with one attached hydrogen (secondary N) is 1. The summed E-state index contributed by atoms with van der Waals surface area (Å²) < 4.78 is 50.2. The largest absolute Gasteiger partial charge is 0.241 e. The normalized spacial score (nSPS) is 18.2. The van der Waals surface area contributed by atoms with E-state index >= 15 is 0 Å². The summed E-state index contributed by atoms with van der Waals surface area (Å²) in [6.45, 7) is 4.13. The molecule has 0 bridgehead atoms. The Labute approximate surface area is 136 Å². The van der Waals surface area contributed by atoms with Gasteiger partial charge in [0, 0.05) is 11.4 Å². The minimum absolute atomic E-state index is 0.131. The summed E-state index contributed by atoms with van der Waals surface area (Å²) in [6, 6.07) is 10.3. The Morgan fingerprint density at radius 3 is 2.22 bits per heavy atom. The van der Waals surface area contributed by atoms with Gasteiger partial charge in [-0.05, 0) is 22.9 Å². The molecule has 0 atom stereocenters. The Hall–Kier alpha value is -1.44. The fourth-order valence-corrected chi connectivity index (χ4v) is 5.90. The maximum Gasteiger partial charge on any atom is 0.241 e. The van der Waals surface area contributed by atoms with Crippen molar-refractivity contribution in [3.05, 3.63) is 42.0 Å². The molecule has 1 heterocycles. The minimum Gasteiger partial charge on any atom is -0.229 e. The van der Waals surface area contributed by atoms with Gasteiger partial charge in [-0.25, -0.2) is 21.6 Å². The molecule has 0 radical (unpaired) electrons. The van der Waals surface area contributed by atoms with Crippen molar-refractivity contribution >= 4 is 30.6 Å². The Bertz CT molecular complexity index is 951. The van der Waals surface area contributed by atoms with Gasteiger partial charge < -0.3 is 0 Å². The van der Waals surface area contributed by atoms with Crippen LogP contribution in [0.2, 0.25) is 0 Å². The Morgan fingerprint density at radius 2 is 1.65 bits per heavy atom. The third-order valence-electron chi connectivity index (χ3n) is 4.06. The van der Waals surface area contributed by atoms with Crippen LogP contribution in [0, 0.1) is 0 Å². The number of rotatable bonds is 4. The molecule has 1 aliphatic heterocycles. The molecule has 1 aliphatic rings. The molecular weight excluding hydrogens is 334 g/mol. The third-order valence-corrected chi connectivity index (χ3v) is 7.46. The van der Waals surface area contributed by atoms with Gasteiger partial charge in [0.25, 0.3) is 0 Å². The summed E-state index contributed by atoms with van der Waals surface area (Å²) in [5.74, 6) is 0.0176. The van der Waals surface area contributed by atoms with E-state index in [9.17, 15) is 16.8 Å². The highest BCUT2D eigenvalue weighted by atomic mass is 32.2. The highest BCUT2D eigenvalue weighted by Crippen LogP contribution is 2.30. The van der Waals surface area contributed by atoms with E-state index in [1.165, 1.54) is 0 Å². The first-order valence-corrected chi connectivity index (χ1v) is 10.7. The fraction of sp³-hybridized carbons (Fsp3) is 0.375. The molecule has 0 aliphatic carbocycles. The van der Waals surface area contributed by atoms with Crippen molar-refractivity contribution in [2.24, 2.45) is 0 Å². The van der Waals surface area contributed by atoms with Gasteiger partial charge in [0.15, 0.2) is 9.84 Å². The third kappa shape index (κ3) is 3.13. The average molecular weight is 353 g/mol. The van der Waals surface area contributed by atoms with Crippen LogP contribution in [0.5, 0.6) is 0 Å². The second-order valence-electron chi connectivity index (χ2n) is 6.25. The van der Waals surface area contributed by atoms with Gasteiger partial charge >= 0.3 is 0 Å². The number of sulfone groups is 1. The first-order chi connectivity index (χ1) is 10.7. The van der Waals surface area contributed by atoms with Gasteiger partial charge in [0.2, 0.25) is 10.0 Å². The van der Waals surface area contributed by atoms with Crippen LogP contribution in [0.1, 0.15) is 25.3 Å². The lowest BCUT2D eigenvalue weighted by molar-refractivity contribution is 0.537. The molecule has 124 valence electrons. The molecule has 0 amide bonds. The molecule has 0 spiro atoms. The maximum atomic E-state index is 12.6. The molecule has 2 aromatic carbocycles. The predicted octanol–water partition coefficient (Wildman–Crippen LogP) is 2.04. The zero-order chi connectivity index (χ0) is 16.8. The molecule has 1 N–H and O–H groups in total. The van der Waals surface area contributed by atoms with E-state index in [0.717, 1.165) is 10.9 Å². The fourth-order valence-electron chi connectivity index (χ4n) is 2.95. The van der Waals surface area contributed by atoms with E-state index in [-0.39, 0.29) is 22.3 Å². The average Bonchev–Trinajstić information content (AvgIpc) is 2.43. The highest BCUT2D eigenvalue weighted by molar-refractivity contribution is 7.93. The van der Waals surface area contributed by atoms with Crippen LogP contribution in [-0.2, 0) is 19.9 Å². The topological polar surface area (TPSA) is 80.3 Å². The lowest BCUT2D eigenvalue weighted by atomic mass is 9.96. The van der Waals surface area contributed by atoms with Crippen LogP contribution in [0.15, 0.2) is 41.3 Å². The van der Waals surface area contributed by atoms with Gasteiger partial charge in [-0.2, -0.15) is 0 Å². The van der Waals surface area contributed by atoms with Crippen molar-refractivity contribution < 1.29 is 16.8 Å². The summed E-state index contributed by atoms with van der Waals surface area (Å²) in [4.78, 5) is 0.196. The molecule has 0 aromatic heterocycles. The highest BCUT2D eigenvalue weighted by Gasteiger charge is 2.36. The maximum absolute atomic E-state index is 12.6. The van der Waals surface area contributed by atoms with Gasteiger partial charge in [0.05, 0.1) is 16.4 Å². The van der Waals surface area contributed by atoms with Crippen LogP contribution in [0.25, 0.3) is 10.8 Å². The van der Waals surface area contributed by atoms with E-state index in [0.29, 0.717) is 5.39 Å². The van der Waals surface area contributed by atoms with Crippen LogP contribution in [-0.4, -0.2) is 34.4 Å². The molecule has 23 heavy (non-hydrogen) atoms. The van der Waals surface area contributed by atoms with Crippen molar-refractivity contribution in [3.8, 4) is 0 Å². The number of benzene rings is 2. The quantitative estimate of drug-likeness (QED) is 0.912. The SMILES string of the molecule is CC(C)c1ccc(S(=O)(=O)NC2CS(=O)(=O)C2)c2ccccc12. The van der Waals surface area contributed by atoms with E-state index in [4.69, 9.17) is 0 Å². The van der Waals surface area contributed by atoms with Gasteiger partial charge in [0.1, 0.15) is 0 Å². The molecule has 2 aromatic rings. The minimum atomic E-state index is -3.75. The number of hydrogen-bond acceptors (Lipinski definition) is 4. The molecule has 1 fully saturated rings. The first-order valence-electron chi connectivity index (χ1n) is 7.44. The summed E-state index contributed by atoms with van der Waals surface area (Å²) in [5, 5.41) is 1.57. The standard InChI is InChI=1S/C16H19NO4S2/c1-11(2)13-7-8-16(15-6-4-3-5-14(13)15)23(20,21)17-12-9-22(18,19)10-12/h3-8,11-12,17H,9-10H2,1-2H3. The van der Waals surface area contributed by atoms with E-state index in [2.05, 4.69) is 18.6 Å². The molecule has 0 unspecified atom stereocenters. The first kappa shape index (κ1) is 16.4. The van der Waals surface area contributed by atoms with Crippen LogP contribution in [0.4, 0.5) is 0 Å². The van der Waals surface area contributed by atoms with Crippen molar-refractivity contribution in [3.63, 3.8) is 0 Å². The lowest BCUT2D eigenvalue weighted by Gasteiger charge is -2.26. The Kier molecular flexibility index (Phi) is 3.98. The monoisotopic (exact) mass is 353 g/mol. The van der Waals surface area contributed by atoms with Crippen LogP contribution in [0.3, 0.4) is 0 Å². The molecule has 3 rings (SSSR count).